The van der Waals surface area contributed by atoms with E-state index in [4.69, 9.17) is 0 Å². The first-order chi connectivity index (χ1) is 8.70. The van der Waals surface area contributed by atoms with Crippen LogP contribution in [0.15, 0.2) is 0 Å². The Bertz CT molecular complexity index is 236. The lowest BCUT2D eigenvalue weighted by Crippen LogP contribution is -2.39. The lowest BCUT2D eigenvalue weighted by atomic mass is 9.65. The van der Waals surface area contributed by atoms with Crippen LogP contribution in [0.25, 0.3) is 0 Å². The van der Waals surface area contributed by atoms with Crippen molar-refractivity contribution in [3.8, 4) is 0 Å². The second-order valence-electron chi connectivity index (χ2n) is 7.24. The zero-order valence-electron chi connectivity index (χ0n) is 12.8. The average molecular weight is 251 g/mol. The van der Waals surface area contributed by atoms with Crippen LogP contribution in [-0.4, -0.2) is 13.1 Å². The Morgan fingerprint density at radius 2 is 1.67 bits per heavy atom. The zero-order chi connectivity index (χ0) is 13.0. The molecule has 4 atom stereocenters. The Morgan fingerprint density at radius 3 is 2.33 bits per heavy atom. The Hall–Kier alpha value is -0.0400. The van der Waals surface area contributed by atoms with Crippen LogP contribution < -0.4 is 5.32 Å². The van der Waals surface area contributed by atoms with Crippen molar-refractivity contribution in [2.45, 2.75) is 77.7 Å². The lowest BCUT2D eigenvalue weighted by Gasteiger charge is -2.42. The average Bonchev–Trinajstić information content (AvgIpc) is 2.39. The Balaban J connectivity index is 1.83. The van der Waals surface area contributed by atoms with Gasteiger partial charge in [0.25, 0.3) is 0 Å². The monoisotopic (exact) mass is 251 g/mol. The van der Waals surface area contributed by atoms with Crippen LogP contribution >= 0.6 is 0 Å². The van der Waals surface area contributed by atoms with E-state index in [0.29, 0.717) is 0 Å². The van der Waals surface area contributed by atoms with Crippen LogP contribution in [0.1, 0.15) is 71.6 Å². The Labute approximate surface area is 114 Å². The zero-order valence-corrected chi connectivity index (χ0v) is 12.8. The van der Waals surface area contributed by atoms with Crippen LogP contribution in [-0.2, 0) is 0 Å². The summed E-state index contributed by atoms with van der Waals surface area (Å²) in [4.78, 5) is 0. The van der Waals surface area contributed by atoms with Gasteiger partial charge in [0, 0.05) is 6.04 Å². The van der Waals surface area contributed by atoms with Gasteiger partial charge in [-0.05, 0) is 62.8 Å². The first kappa shape index (κ1) is 14.4. The Kier molecular flexibility index (Phi) is 5.54. The van der Waals surface area contributed by atoms with Gasteiger partial charge in [-0.25, -0.2) is 0 Å². The fourth-order valence-corrected chi connectivity index (χ4v) is 4.40. The molecule has 2 saturated carbocycles. The molecule has 0 aliphatic heterocycles. The Morgan fingerprint density at radius 1 is 0.944 bits per heavy atom. The molecular weight excluding hydrogens is 218 g/mol. The molecule has 2 rings (SSSR count). The molecule has 0 aromatic carbocycles. The van der Waals surface area contributed by atoms with E-state index in [9.17, 15) is 0 Å². The van der Waals surface area contributed by atoms with E-state index in [1.807, 2.05) is 0 Å². The van der Waals surface area contributed by atoms with E-state index in [0.717, 1.165) is 29.7 Å². The highest BCUT2D eigenvalue weighted by molar-refractivity contribution is 4.87. The topological polar surface area (TPSA) is 12.0 Å². The molecule has 106 valence electrons. The maximum atomic E-state index is 3.62. The smallest absolute Gasteiger partial charge is 0.00925 e. The van der Waals surface area contributed by atoms with E-state index in [-0.39, 0.29) is 0 Å². The number of hydrogen-bond acceptors (Lipinski definition) is 1. The van der Waals surface area contributed by atoms with Crippen molar-refractivity contribution >= 4 is 0 Å². The summed E-state index contributed by atoms with van der Waals surface area (Å²) in [6.07, 6.45) is 13.4. The van der Waals surface area contributed by atoms with Gasteiger partial charge in [-0.1, -0.05) is 39.5 Å². The van der Waals surface area contributed by atoms with Gasteiger partial charge in [0.1, 0.15) is 0 Å². The first-order valence-corrected chi connectivity index (χ1v) is 8.38. The summed E-state index contributed by atoms with van der Waals surface area (Å²) in [5.41, 5.74) is 0. The van der Waals surface area contributed by atoms with Gasteiger partial charge < -0.3 is 5.32 Å². The molecule has 18 heavy (non-hydrogen) atoms. The van der Waals surface area contributed by atoms with Crippen molar-refractivity contribution in [1.29, 1.82) is 0 Å². The van der Waals surface area contributed by atoms with Crippen LogP contribution in [0.2, 0.25) is 0 Å². The molecule has 4 unspecified atom stereocenters. The molecule has 0 amide bonds. The summed E-state index contributed by atoms with van der Waals surface area (Å²) in [7, 11) is 2.18. The largest absolute Gasteiger partial charge is 0.317 e. The number of fused-ring (bicyclic) bond motifs is 1. The molecule has 2 aliphatic rings. The molecule has 1 N–H and O–H groups in total. The maximum absolute atomic E-state index is 3.62. The van der Waals surface area contributed by atoms with Gasteiger partial charge in [-0.3, -0.25) is 0 Å². The molecule has 1 heteroatoms. The molecule has 0 aromatic heterocycles. The summed E-state index contributed by atoms with van der Waals surface area (Å²) >= 11 is 0. The summed E-state index contributed by atoms with van der Waals surface area (Å²) in [5.74, 6) is 3.99. The van der Waals surface area contributed by atoms with Crippen LogP contribution in [0, 0.1) is 23.7 Å². The normalized spacial score (nSPS) is 34.3. The fourth-order valence-electron chi connectivity index (χ4n) is 4.40. The van der Waals surface area contributed by atoms with Crippen molar-refractivity contribution in [2.75, 3.05) is 7.05 Å². The van der Waals surface area contributed by atoms with E-state index in [1.54, 1.807) is 0 Å². The molecule has 0 spiro atoms. The SMILES string of the molecule is CNC(CCC(C)C)C1CCC2CCCCC2C1. The second-order valence-corrected chi connectivity index (χ2v) is 7.24. The van der Waals surface area contributed by atoms with Gasteiger partial charge >= 0.3 is 0 Å². The number of nitrogens with one attached hydrogen (secondary N) is 1. The van der Waals surface area contributed by atoms with Crippen molar-refractivity contribution in [2.24, 2.45) is 23.7 Å². The van der Waals surface area contributed by atoms with Crippen LogP contribution in [0.5, 0.6) is 0 Å². The van der Waals surface area contributed by atoms with Crippen LogP contribution in [0.4, 0.5) is 0 Å². The third-order valence-electron chi connectivity index (χ3n) is 5.58. The molecule has 2 aliphatic carbocycles. The van der Waals surface area contributed by atoms with Crippen molar-refractivity contribution in [3.05, 3.63) is 0 Å². The van der Waals surface area contributed by atoms with Crippen molar-refractivity contribution in [1.82, 2.24) is 5.32 Å². The minimum atomic E-state index is 0.787. The maximum Gasteiger partial charge on any atom is 0.00925 e. The first-order valence-electron chi connectivity index (χ1n) is 8.38. The van der Waals surface area contributed by atoms with Gasteiger partial charge in [0.05, 0.1) is 0 Å². The van der Waals surface area contributed by atoms with Gasteiger partial charge in [0.15, 0.2) is 0 Å². The quantitative estimate of drug-likeness (QED) is 0.752. The van der Waals surface area contributed by atoms with E-state index in [1.165, 1.54) is 57.8 Å². The highest BCUT2D eigenvalue weighted by Gasteiger charge is 2.34. The summed E-state index contributed by atoms with van der Waals surface area (Å²) in [6, 6.07) is 0.787. The fraction of sp³-hybridized carbons (Fsp3) is 1.00. The van der Waals surface area contributed by atoms with Gasteiger partial charge in [-0.2, -0.15) is 0 Å². The van der Waals surface area contributed by atoms with Crippen molar-refractivity contribution in [3.63, 3.8) is 0 Å². The van der Waals surface area contributed by atoms with Gasteiger partial charge in [0.2, 0.25) is 0 Å². The standard InChI is InChI=1S/C17H33N/c1-13(2)8-11-17(18-3)16-10-9-14-6-4-5-7-15(14)12-16/h13-18H,4-12H2,1-3H3. The highest BCUT2D eigenvalue weighted by atomic mass is 14.9. The minimum absolute atomic E-state index is 0.787. The predicted molar refractivity (Wildman–Crippen MR) is 79.7 cm³/mol. The molecule has 0 bridgehead atoms. The highest BCUT2D eigenvalue weighted by Crippen LogP contribution is 2.44. The minimum Gasteiger partial charge on any atom is -0.317 e. The molecule has 0 aromatic rings. The van der Waals surface area contributed by atoms with E-state index >= 15 is 0 Å². The molecule has 2 fully saturated rings. The van der Waals surface area contributed by atoms with Crippen LogP contribution in [0.3, 0.4) is 0 Å². The van der Waals surface area contributed by atoms with Crippen molar-refractivity contribution < 1.29 is 0 Å². The summed E-state index contributed by atoms with van der Waals surface area (Å²) in [6.45, 7) is 4.70. The second kappa shape index (κ2) is 6.93. The predicted octanol–water partition coefficient (Wildman–Crippen LogP) is 4.62. The molecular formula is C17H33N. The third-order valence-corrected chi connectivity index (χ3v) is 5.58. The van der Waals surface area contributed by atoms with E-state index in [2.05, 4.69) is 26.2 Å². The molecule has 0 saturated heterocycles. The van der Waals surface area contributed by atoms with E-state index < -0.39 is 0 Å². The van der Waals surface area contributed by atoms with Gasteiger partial charge in [-0.15, -0.1) is 0 Å². The summed E-state index contributed by atoms with van der Waals surface area (Å²) < 4.78 is 0. The summed E-state index contributed by atoms with van der Waals surface area (Å²) in [5, 5.41) is 3.62. The lowest BCUT2D eigenvalue weighted by molar-refractivity contribution is 0.107. The molecule has 1 nitrogen and oxygen atoms in total. The molecule has 0 heterocycles. The number of hydrogen-bond donors (Lipinski definition) is 1. The number of rotatable bonds is 5. The molecule has 0 radical (unpaired) electrons. The third kappa shape index (κ3) is 3.73.